The van der Waals surface area contributed by atoms with Gasteiger partial charge in [0.15, 0.2) is 0 Å². The van der Waals surface area contributed by atoms with E-state index >= 15 is 0 Å². The molecular weight excluding hydrogens is 405 g/mol. The molecule has 0 atom stereocenters. The van der Waals surface area contributed by atoms with E-state index < -0.39 is 5.92 Å². The van der Waals surface area contributed by atoms with Gasteiger partial charge in [-0.1, -0.05) is 60.7 Å². The third-order valence-corrected chi connectivity index (χ3v) is 4.96. The number of ether oxygens (including phenoxy) is 1. The minimum absolute atomic E-state index is 0.0938. The molecule has 1 amide bonds. The molecule has 32 heavy (non-hydrogen) atoms. The molecule has 1 heterocycles. The molecular formula is C26H22FN3O2. The molecule has 5 nitrogen and oxygen atoms in total. The fourth-order valence-electron chi connectivity index (χ4n) is 3.39. The Balaban J connectivity index is 1.33. The number of carbonyl (C=O) groups is 1. The molecule has 0 radical (unpaired) electrons. The summed E-state index contributed by atoms with van der Waals surface area (Å²) in [6.45, 7) is 0.586. The van der Waals surface area contributed by atoms with Crippen LogP contribution in [0.25, 0.3) is 11.3 Å². The molecule has 0 saturated carbocycles. The van der Waals surface area contributed by atoms with Crippen LogP contribution in [0.2, 0.25) is 0 Å². The van der Waals surface area contributed by atoms with Crippen molar-refractivity contribution >= 4 is 5.91 Å². The topological polar surface area (TPSA) is 64.1 Å². The number of nitrogens with zero attached hydrogens (tertiary/aromatic N) is 2. The highest BCUT2D eigenvalue weighted by Gasteiger charge is 2.22. The van der Waals surface area contributed by atoms with Crippen LogP contribution in [0.3, 0.4) is 0 Å². The van der Waals surface area contributed by atoms with Crippen LogP contribution < -0.4 is 10.1 Å². The zero-order valence-electron chi connectivity index (χ0n) is 17.3. The monoisotopic (exact) mass is 427 g/mol. The Morgan fingerprint density at radius 2 is 1.44 bits per heavy atom. The van der Waals surface area contributed by atoms with Gasteiger partial charge in [0.2, 0.25) is 11.8 Å². The second-order valence-corrected chi connectivity index (χ2v) is 7.16. The van der Waals surface area contributed by atoms with E-state index in [0.717, 1.165) is 16.7 Å². The molecule has 6 heteroatoms. The molecule has 4 rings (SSSR count). The maximum atomic E-state index is 13.1. The Labute approximate surface area is 185 Å². The second kappa shape index (κ2) is 10.3. The van der Waals surface area contributed by atoms with Crippen LogP contribution in [0, 0.1) is 5.82 Å². The first-order chi connectivity index (χ1) is 15.7. The summed E-state index contributed by atoms with van der Waals surface area (Å²) in [7, 11) is 0. The number of carbonyl (C=O) groups excluding carboxylic acids is 1. The Bertz CT molecular complexity index is 1100. The van der Waals surface area contributed by atoms with Crippen molar-refractivity contribution in [2.75, 3.05) is 13.2 Å². The lowest BCUT2D eigenvalue weighted by molar-refractivity contribution is -0.121. The van der Waals surface area contributed by atoms with Gasteiger partial charge < -0.3 is 10.1 Å². The summed E-state index contributed by atoms with van der Waals surface area (Å²) in [6, 6.07) is 28.9. The van der Waals surface area contributed by atoms with Gasteiger partial charge in [-0.2, -0.15) is 0 Å². The van der Waals surface area contributed by atoms with Crippen LogP contribution in [-0.2, 0) is 4.79 Å². The van der Waals surface area contributed by atoms with Crippen LogP contribution in [0.1, 0.15) is 17.0 Å². The number of benzene rings is 3. The summed E-state index contributed by atoms with van der Waals surface area (Å²) < 4.78 is 18.7. The van der Waals surface area contributed by atoms with Crippen molar-refractivity contribution in [1.82, 2.24) is 15.5 Å². The molecule has 160 valence electrons. The van der Waals surface area contributed by atoms with Gasteiger partial charge in [-0.05, 0) is 41.5 Å². The van der Waals surface area contributed by atoms with Gasteiger partial charge in [0.1, 0.15) is 12.4 Å². The molecule has 1 N–H and O–H groups in total. The van der Waals surface area contributed by atoms with Crippen LogP contribution in [0.5, 0.6) is 5.88 Å². The molecule has 0 unspecified atom stereocenters. The molecule has 0 spiro atoms. The largest absolute Gasteiger partial charge is 0.475 e. The van der Waals surface area contributed by atoms with Gasteiger partial charge >= 0.3 is 0 Å². The van der Waals surface area contributed by atoms with Crippen LogP contribution in [0.4, 0.5) is 4.39 Å². The van der Waals surface area contributed by atoms with Crippen molar-refractivity contribution in [1.29, 1.82) is 0 Å². The number of hydrogen-bond donors (Lipinski definition) is 1. The lowest BCUT2D eigenvalue weighted by Gasteiger charge is -2.18. The van der Waals surface area contributed by atoms with Gasteiger partial charge in [-0.15, -0.1) is 10.2 Å². The fraction of sp³-hybridized carbons (Fsp3) is 0.115. The van der Waals surface area contributed by atoms with E-state index in [2.05, 4.69) is 15.5 Å². The van der Waals surface area contributed by atoms with Crippen molar-refractivity contribution in [3.63, 3.8) is 0 Å². The Hall–Kier alpha value is -4.06. The third-order valence-electron chi connectivity index (χ3n) is 4.96. The van der Waals surface area contributed by atoms with Crippen LogP contribution >= 0.6 is 0 Å². The summed E-state index contributed by atoms with van der Waals surface area (Å²) in [5, 5.41) is 11.1. The first-order valence-electron chi connectivity index (χ1n) is 10.3. The molecule has 0 saturated heterocycles. The predicted octanol–water partition coefficient (Wildman–Crippen LogP) is 4.61. The van der Waals surface area contributed by atoms with Crippen molar-refractivity contribution in [3.05, 3.63) is 114 Å². The smallest absolute Gasteiger partial charge is 0.233 e. The first kappa shape index (κ1) is 21.2. The number of rotatable bonds is 8. The summed E-state index contributed by atoms with van der Waals surface area (Å²) in [5.41, 5.74) is 3.25. The Morgan fingerprint density at radius 1 is 0.812 bits per heavy atom. The molecule has 0 bridgehead atoms. The highest BCUT2D eigenvalue weighted by molar-refractivity contribution is 5.87. The zero-order chi connectivity index (χ0) is 22.2. The third kappa shape index (κ3) is 5.35. The molecule has 0 aliphatic heterocycles. The van der Waals surface area contributed by atoms with E-state index in [4.69, 9.17) is 4.74 Å². The molecule has 3 aromatic carbocycles. The maximum absolute atomic E-state index is 13.1. The number of hydrogen-bond acceptors (Lipinski definition) is 4. The fourth-order valence-corrected chi connectivity index (χ4v) is 3.39. The van der Waals surface area contributed by atoms with Gasteiger partial charge in [-0.3, -0.25) is 4.79 Å². The van der Waals surface area contributed by atoms with Gasteiger partial charge in [0, 0.05) is 11.6 Å². The zero-order valence-corrected chi connectivity index (χ0v) is 17.3. The van der Waals surface area contributed by atoms with E-state index in [1.165, 1.54) is 12.1 Å². The second-order valence-electron chi connectivity index (χ2n) is 7.16. The summed E-state index contributed by atoms with van der Waals surface area (Å²) in [4.78, 5) is 13.0. The highest BCUT2D eigenvalue weighted by atomic mass is 19.1. The quantitative estimate of drug-likeness (QED) is 0.417. The van der Waals surface area contributed by atoms with E-state index in [1.54, 1.807) is 24.3 Å². The lowest BCUT2D eigenvalue weighted by atomic mass is 9.90. The number of aromatic nitrogens is 2. The van der Waals surface area contributed by atoms with Gasteiger partial charge in [0.25, 0.3) is 0 Å². The number of nitrogens with one attached hydrogen (secondary N) is 1. The molecule has 0 aliphatic carbocycles. The van der Waals surface area contributed by atoms with Crippen molar-refractivity contribution in [2.45, 2.75) is 5.92 Å². The van der Waals surface area contributed by atoms with E-state index in [-0.39, 0.29) is 18.3 Å². The van der Waals surface area contributed by atoms with E-state index in [9.17, 15) is 9.18 Å². The van der Waals surface area contributed by atoms with E-state index in [0.29, 0.717) is 18.1 Å². The van der Waals surface area contributed by atoms with Crippen molar-refractivity contribution in [3.8, 4) is 17.1 Å². The molecule has 1 aromatic heterocycles. The summed E-state index contributed by atoms with van der Waals surface area (Å²) in [6.07, 6.45) is 0. The predicted molar refractivity (Wildman–Crippen MR) is 121 cm³/mol. The summed E-state index contributed by atoms with van der Waals surface area (Å²) in [5.74, 6) is -0.436. The molecule has 4 aromatic rings. The average molecular weight is 427 g/mol. The first-order valence-corrected chi connectivity index (χ1v) is 10.3. The van der Waals surface area contributed by atoms with Crippen LogP contribution in [-0.4, -0.2) is 29.3 Å². The highest BCUT2D eigenvalue weighted by Crippen LogP contribution is 2.24. The normalized spacial score (nSPS) is 10.7. The van der Waals surface area contributed by atoms with Crippen LogP contribution in [0.15, 0.2) is 97.1 Å². The lowest BCUT2D eigenvalue weighted by Crippen LogP contribution is -2.33. The van der Waals surface area contributed by atoms with Gasteiger partial charge in [0.05, 0.1) is 18.2 Å². The average Bonchev–Trinajstić information content (AvgIpc) is 2.84. The minimum Gasteiger partial charge on any atom is -0.475 e. The number of halogens is 1. The van der Waals surface area contributed by atoms with Gasteiger partial charge in [-0.25, -0.2) is 4.39 Å². The van der Waals surface area contributed by atoms with E-state index in [1.807, 2.05) is 60.7 Å². The SMILES string of the molecule is O=C(NCCOc1ccc(-c2ccc(F)cc2)nn1)C(c1ccccc1)c1ccccc1. The molecule has 0 fully saturated rings. The standard InChI is InChI=1S/C26H22FN3O2/c27-22-13-11-19(12-14-22)23-15-16-24(30-29-23)32-18-17-28-26(31)25(20-7-3-1-4-8-20)21-9-5-2-6-10-21/h1-16,25H,17-18H2,(H,28,31). The Morgan fingerprint density at radius 3 is 2.00 bits per heavy atom. The van der Waals surface area contributed by atoms with Crippen molar-refractivity contribution in [2.24, 2.45) is 0 Å². The molecule has 0 aliphatic rings. The summed E-state index contributed by atoms with van der Waals surface area (Å²) >= 11 is 0. The van der Waals surface area contributed by atoms with Crippen molar-refractivity contribution < 1.29 is 13.9 Å². The Kier molecular flexibility index (Phi) is 6.82. The number of amides is 1. The minimum atomic E-state index is -0.396. The maximum Gasteiger partial charge on any atom is 0.233 e.